The lowest BCUT2D eigenvalue weighted by Gasteiger charge is -2.09. The van der Waals surface area contributed by atoms with Gasteiger partial charge in [0, 0.05) is 12.6 Å². The molecule has 0 aliphatic rings. The molecule has 0 spiro atoms. The maximum atomic E-state index is 12.0. The molecule has 0 unspecified atom stereocenters. The molecule has 0 atom stereocenters. The molecular formula is C20H24N2O4. The van der Waals surface area contributed by atoms with Gasteiger partial charge in [0.05, 0.1) is 7.11 Å². The van der Waals surface area contributed by atoms with E-state index >= 15 is 0 Å². The van der Waals surface area contributed by atoms with Crippen molar-refractivity contribution in [3.05, 3.63) is 41.0 Å². The molecule has 0 heterocycles. The quantitative estimate of drug-likeness (QED) is 0.254. The Hall–Kier alpha value is -3.07. The highest BCUT2D eigenvalue weighted by atomic mass is 16.6. The summed E-state index contributed by atoms with van der Waals surface area (Å²) in [6.45, 7) is 6.13. The van der Waals surface area contributed by atoms with Gasteiger partial charge in [-0.3, -0.25) is 4.79 Å². The molecule has 0 bridgehead atoms. The number of esters is 1. The number of amides is 1. The van der Waals surface area contributed by atoms with Gasteiger partial charge in [-0.2, -0.15) is 5.26 Å². The first kappa shape index (κ1) is 21.0. The van der Waals surface area contributed by atoms with E-state index in [1.165, 1.54) is 19.3 Å². The Balaban J connectivity index is 3.00. The molecule has 1 aromatic carbocycles. The van der Waals surface area contributed by atoms with Crippen LogP contribution in [0, 0.1) is 11.3 Å². The van der Waals surface area contributed by atoms with E-state index in [-0.39, 0.29) is 11.3 Å². The van der Waals surface area contributed by atoms with Crippen LogP contribution in [0.15, 0.2) is 35.4 Å². The van der Waals surface area contributed by atoms with Crippen molar-refractivity contribution in [1.82, 2.24) is 5.32 Å². The van der Waals surface area contributed by atoms with E-state index in [0.717, 1.165) is 18.4 Å². The molecule has 0 aromatic heterocycles. The highest BCUT2D eigenvalue weighted by molar-refractivity contribution is 6.01. The van der Waals surface area contributed by atoms with Gasteiger partial charge in [0.15, 0.2) is 11.5 Å². The van der Waals surface area contributed by atoms with Gasteiger partial charge in [-0.15, -0.1) is 0 Å². The van der Waals surface area contributed by atoms with E-state index in [9.17, 15) is 14.9 Å². The standard InChI is InChI=1S/C20H24N2O4/c1-5-6-9-22-20(24)16(13-21)11-15-7-8-17(18(12-15)25-4)26-19(23)10-14(2)3/h7-8,10-12H,5-6,9H2,1-4H3,(H,22,24)/b16-11+. The van der Waals surface area contributed by atoms with Crippen molar-refractivity contribution in [2.24, 2.45) is 0 Å². The fraction of sp³-hybridized carbons (Fsp3) is 0.350. The molecular weight excluding hydrogens is 332 g/mol. The fourth-order valence-electron chi connectivity index (χ4n) is 2.02. The summed E-state index contributed by atoms with van der Waals surface area (Å²) in [6.07, 6.45) is 4.65. The number of benzene rings is 1. The van der Waals surface area contributed by atoms with E-state index < -0.39 is 11.9 Å². The lowest BCUT2D eigenvalue weighted by Crippen LogP contribution is -2.25. The minimum Gasteiger partial charge on any atom is -0.493 e. The van der Waals surface area contributed by atoms with Gasteiger partial charge in [0.2, 0.25) is 0 Å². The van der Waals surface area contributed by atoms with Crippen molar-refractivity contribution in [1.29, 1.82) is 5.26 Å². The summed E-state index contributed by atoms with van der Waals surface area (Å²) in [6, 6.07) is 6.70. The number of unbranched alkanes of at least 4 members (excludes halogenated alkanes) is 1. The average Bonchev–Trinajstić information content (AvgIpc) is 2.60. The maximum Gasteiger partial charge on any atom is 0.336 e. The molecule has 138 valence electrons. The molecule has 0 aliphatic heterocycles. The molecule has 0 fully saturated rings. The van der Waals surface area contributed by atoms with Crippen molar-refractivity contribution in [3.63, 3.8) is 0 Å². The molecule has 1 aromatic rings. The predicted molar refractivity (Wildman–Crippen MR) is 99.6 cm³/mol. The van der Waals surface area contributed by atoms with Crippen LogP contribution in [-0.4, -0.2) is 25.5 Å². The highest BCUT2D eigenvalue weighted by Gasteiger charge is 2.12. The van der Waals surface area contributed by atoms with Crippen LogP contribution >= 0.6 is 0 Å². The molecule has 6 nitrogen and oxygen atoms in total. The Labute approximate surface area is 154 Å². The summed E-state index contributed by atoms with van der Waals surface area (Å²) < 4.78 is 10.5. The maximum absolute atomic E-state index is 12.0. The first-order valence-corrected chi connectivity index (χ1v) is 8.36. The fourth-order valence-corrected chi connectivity index (χ4v) is 2.02. The van der Waals surface area contributed by atoms with Crippen molar-refractivity contribution in [2.75, 3.05) is 13.7 Å². The Bertz CT molecular complexity index is 754. The number of rotatable bonds is 8. The van der Waals surface area contributed by atoms with Gasteiger partial charge in [-0.05, 0) is 44.0 Å². The molecule has 0 saturated heterocycles. The van der Waals surface area contributed by atoms with Gasteiger partial charge in [-0.1, -0.05) is 25.0 Å². The monoisotopic (exact) mass is 356 g/mol. The Morgan fingerprint density at radius 3 is 2.58 bits per heavy atom. The summed E-state index contributed by atoms with van der Waals surface area (Å²) in [5, 5.41) is 11.9. The summed E-state index contributed by atoms with van der Waals surface area (Å²) in [4.78, 5) is 23.8. The first-order chi connectivity index (χ1) is 12.4. The normalized spacial score (nSPS) is 10.5. The molecule has 1 N–H and O–H groups in total. The molecule has 0 aliphatic carbocycles. The number of ether oxygens (including phenoxy) is 2. The van der Waals surface area contributed by atoms with Crippen LogP contribution in [0.1, 0.15) is 39.2 Å². The molecule has 0 saturated carbocycles. The topological polar surface area (TPSA) is 88.4 Å². The number of nitrogens with one attached hydrogen (secondary N) is 1. The first-order valence-electron chi connectivity index (χ1n) is 8.36. The largest absolute Gasteiger partial charge is 0.493 e. The Kier molecular flexibility index (Phi) is 8.65. The second-order valence-corrected chi connectivity index (χ2v) is 5.83. The van der Waals surface area contributed by atoms with Crippen molar-refractivity contribution in [2.45, 2.75) is 33.6 Å². The van der Waals surface area contributed by atoms with Crippen molar-refractivity contribution < 1.29 is 19.1 Å². The van der Waals surface area contributed by atoms with Crippen LogP contribution in [0.4, 0.5) is 0 Å². The van der Waals surface area contributed by atoms with Crippen LogP contribution in [0.25, 0.3) is 6.08 Å². The predicted octanol–water partition coefficient (Wildman–Crippen LogP) is 3.39. The Morgan fingerprint density at radius 2 is 2.00 bits per heavy atom. The Morgan fingerprint density at radius 1 is 1.27 bits per heavy atom. The molecule has 0 radical (unpaired) electrons. The number of hydrogen-bond acceptors (Lipinski definition) is 5. The number of nitrogens with zero attached hydrogens (tertiary/aromatic N) is 1. The minimum atomic E-state index is -0.500. The van der Waals surface area contributed by atoms with Gasteiger partial charge >= 0.3 is 5.97 Å². The molecule has 1 rings (SSSR count). The van der Waals surface area contributed by atoms with Gasteiger partial charge in [0.1, 0.15) is 11.6 Å². The highest BCUT2D eigenvalue weighted by Crippen LogP contribution is 2.29. The van der Waals surface area contributed by atoms with Gasteiger partial charge in [-0.25, -0.2) is 4.79 Å². The minimum absolute atomic E-state index is 0.00237. The number of hydrogen-bond donors (Lipinski definition) is 1. The van der Waals surface area contributed by atoms with Gasteiger partial charge < -0.3 is 14.8 Å². The molecule has 1 amide bonds. The number of nitriles is 1. The van der Waals surface area contributed by atoms with Crippen LogP contribution < -0.4 is 14.8 Å². The van der Waals surface area contributed by atoms with Crippen LogP contribution in [0.3, 0.4) is 0 Å². The second-order valence-electron chi connectivity index (χ2n) is 5.83. The third kappa shape index (κ3) is 6.81. The zero-order valence-corrected chi connectivity index (χ0v) is 15.6. The third-order valence-corrected chi connectivity index (χ3v) is 3.30. The second kappa shape index (κ2) is 10.7. The number of carbonyl (C=O) groups excluding carboxylic acids is 2. The van der Waals surface area contributed by atoms with Crippen LogP contribution in [-0.2, 0) is 9.59 Å². The smallest absolute Gasteiger partial charge is 0.336 e. The third-order valence-electron chi connectivity index (χ3n) is 3.30. The van der Waals surface area contributed by atoms with E-state index in [1.807, 2.05) is 13.0 Å². The lowest BCUT2D eigenvalue weighted by molar-refractivity contribution is -0.129. The van der Waals surface area contributed by atoms with E-state index in [0.29, 0.717) is 17.9 Å². The van der Waals surface area contributed by atoms with E-state index in [4.69, 9.17) is 9.47 Å². The van der Waals surface area contributed by atoms with Crippen molar-refractivity contribution >= 4 is 18.0 Å². The van der Waals surface area contributed by atoms with Crippen molar-refractivity contribution in [3.8, 4) is 17.6 Å². The molecule has 26 heavy (non-hydrogen) atoms. The summed E-state index contributed by atoms with van der Waals surface area (Å²) in [7, 11) is 1.45. The lowest BCUT2D eigenvalue weighted by atomic mass is 10.1. The summed E-state index contributed by atoms with van der Waals surface area (Å²) in [5.74, 6) is -0.324. The SMILES string of the molecule is CCCCNC(=O)/C(C#N)=C/c1ccc(OC(=O)C=C(C)C)c(OC)c1. The molecule has 6 heteroatoms. The van der Waals surface area contributed by atoms with Crippen LogP contribution in [0.2, 0.25) is 0 Å². The van der Waals surface area contributed by atoms with E-state index in [2.05, 4.69) is 5.32 Å². The summed E-state index contributed by atoms with van der Waals surface area (Å²) in [5.41, 5.74) is 1.41. The van der Waals surface area contributed by atoms with E-state index in [1.54, 1.807) is 32.0 Å². The van der Waals surface area contributed by atoms with Crippen LogP contribution in [0.5, 0.6) is 11.5 Å². The average molecular weight is 356 g/mol. The number of methoxy groups -OCH3 is 1. The summed E-state index contributed by atoms with van der Waals surface area (Å²) >= 11 is 0. The van der Waals surface area contributed by atoms with Gasteiger partial charge in [0.25, 0.3) is 5.91 Å². The zero-order valence-electron chi connectivity index (χ0n) is 15.6. The number of carbonyl (C=O) groups is 2. The zero-order chi connectivity index (χ0) is 19.5. The number of allylic oxidation sites excluding steroid dienone is 1.